The van der Waals surface area contributed by atoms with E-state index in [1.54, 1.807) is 15.8 Å². The van der Waals surface area contributed by atoms with Gasteiger partial charge in [-0.2, -0.15) is 0 Å². The molecule has 0 radical (unpaired) electrons. The number of aryl methyl sites for hydroxylation is 1. The second kappa shape index (κ2) is 4.61. The fourth-order valence-corrected chi connectivity index (χ4v) is 1.81. The lowest BCUT2D eigenvalue weighted by atomic mass is 10.1. The Morgan fingerprint density at radius 1 is 1.56 bits per heavy atom. The zero-order valence-electron chi connectivity index (χ0n) is 9.33. The van der Waals surface area contributed by atoms with Gasteiger partial charge in [-0.25, -0.2) is 4.68 Å². The molecule has 0 saturated carbocycles. The maximum atomic E-state index is 11.9. The van der Waals surface area contributed by atoms with Crippen molar-refractivity contribution in [3.63, 3.8) is 0 Å². The number of rotatable bonds is 2. The molecule has 1 N–H and O–H groups in total. The second-order valence-corrected chi connectivity index (χ2v) is 4.15. The van der Waals surface area contributed by atoms with E-state index in [1.165, 1.54) is 0 Å². The van der Waals surface area contributed by atoms with Gasteiger partial charge in [0.2, 0.25) is 5.91 Å². The van der Waals surface area contributed by atoms with Crippen molar-refractivity contribution in [1.82, 2.24) is 19.9 Å². The molecule has 6 nitrogen and oxygen atoms in total. The Morgan fingerprint density at radius 3 is 2.81 bits per heavy atom. The smallest absolute Gasteiger partial charge is 0.244 e. The van der Waals surface area contributed by atoms with Crippen molar-refractivity contribution < 1.29 is 9.90 Å². The Bertz CT molecular complexity index is 369. The number of nitrogens with zero attached hydrogens (tertiary/aromatic N) is 4. The molecule has 0 atom stereocenters. The van der Waals surface area contributed by atoms with Gasteiger partial charge in [0.1, 0.15) is 6.54 Å². The van der Waals surface area contributed by atoms with E-state index in [0.717, 1.165) is 5.69 Å². The highest BCUT2D eigenvalue weighted by Crippen LogP contribution is 2.10. The summed E-state index contributed by atoms with van der Waals surface area (Å²) in [7, 11) is 0. The topological polar surface area (TPSA) is 71.2 Å². The first-order valence-corrected chi connectivity index (χ1v) is 5.48. The minimum atomic E-state index is -0.253. The van der Waals surface area contributed by atoms with E-state index in [2.05, 4.69) is 10.3 Å². The van der Waals surface area contributed by atoms with E-state index >= 15 is 0 Å². The van der Waals surface area contributed by atoms with Crippen LogP contribution >= 0.6 is 0 Å². The minimum Gasteiger partial charge on any atom is -0.393 e. The van der Waals surface area contributed by atoms with Crippen molar-refractivity contribution in [2.45, 2.75) is 32.4 Å². The predicted molar refractivity (Wildman–Crippen MR) is 56.6 cm³/mol. The van der Waals surface area contributed by atoms with Gasteiger partial charge >= 0.3 is 0 Å². The molecule has 1 aliphatic rings. The second-order valence-electron chi connectivity index (χ2n) is 4.15. The van der Waals surface area contributed by atoms with Crippen LogP contribution in [0.3, 0.4) is 0 Å². The quantitative estimate of drug-likeness (QED) is 0.740. The fourth-order valence-electron chi connectivity index (χ4n) is 1.81. The van der Waals surface area contributed by atoms with E-state index in [-0.39, 0.29) is 18.6 Å². The lowest BCUT2D eigenvalue weighted by Crippen LogP contribution is -2.41. The molecule has 6 heteroatoms. The van der Waals surface area contributed by atoms with Crippen molar-refractivity contribution in [3.8, 4) is 0 Å². The summed E-state index contributed by atoms with van der Waals surface area (Å²) in [5.41, 5.74) is 0.880. The van der Waals surface area contributed by atoms with Gasteiger partial charge in [0, 0.05) is 13.1 Å². The fraction of sp³-hybridized carbons (Fsp3) is 0.700. The summed E-state index contributed by atoms with van der Waals surface area (Å²) in [6.07, 6.45) is 2.72. The molecule has 1 fully saturated rings. The van der Waals surface area contributed by atoms with Crippen LogP contribution in [0.25, 0.3) is 0 Å². The van der Waals surface area contributed by atoms with Crippen LogP contribution in [0.5, 0.6) is 0 Å². The zero-order chi connectivity index (χ0) is 11.5. The first kappa shape index (κ1) is 11.1. The molecule has 1 saturated heterocycles. The highest BCUT2D eigenvalue weighted by molar-refractivity contribution is 5.76. The monoisotopic (exact) mass is 224 g/mol. The highest BCUT2D eigenvalue weighted by Gasteiger charge is 2.21. The largest absolute Gasteiger partial charge is 0.393 e. The molecular formula is C10H16N4O2. The molecule has 0 aliphatic carbocycles. The number of aliphatic hydroxyl groups excluding tert-OH is 1. The zero-order valence-corrected chi connectivity index (χ0v) is 9.33. The number of aliphatic hydroxyl groups is 1. The van der Waals surface area contributed by atoms with E-state index in [4.69, 9.17) is 0 Å². The molecular weight excluding hydrogens is 208 g/mol. The summed E-state index contributed by atoms with van der Waals surface area (Å²) >= 11 is 0. The Hall–Kier alpha value is -1.43. The number of hydrogen-bond acceptors (Lipinski definition) is 4. The summed E-state index contributed by atoms with van der Waals surface area (Å²) in [4.78, 5) is 13.7. The summed E-state index contributed by atoms with van der Waals surface area (Å²) in [5.74, 6) is 0.0421. The third kappa shape index (κ3) is 2.38. The molecule has 1 aromatic heterocycles. The standard InChI is InChI=1S/C10H16N4O2/c1-8-6-11-12-14(8)7-10(16)13-4-2-9(15)3-5-13/h6,9,15H,2-5,7H2,1H3. The van der Waals surface area contributed by atoms with Gasteiger partial charge in [-0.1, -0.05) is 5.21 Å². The Kier molecular flexibility index (Phi) is 3.19. The van der Waals surface area contributed by atoms with Gasteiger partial charge in [-0.3, -0.25) is 4.79 Å². The number of likely N-dealkylation sites (tertiary alicyclic amines) is 1. The molecule has 1 aromatic rings. The van der Waals surface area contributed by atoms with E-state index in [0.29, 0.717) is 25.9 Å². The lowest BCUT2D eigenvalue weighted by Gasteiger charge is -2.29. The van der Waals surface area contributed by atoms with Crippen LogP contribution in [0.15, 0.2) is 6.20 Å². The SMILES string of the molecule is Cc1cnnn1CC(=O)N1CCC(O)CC1. The molecule has 0 spiro atoms. The molecule has 2 heterocycles. The summed E-state index contributed by atoms with van der Waals surface area (Å²) in [6.45, 7) is 3.37. The van der Waals surface area contributed by atoms with Crippen molar-refractivity contribution in [3.05, 3.63) is 11.9 Å². The molecule has 16 heavy (non-hydrogen) atoms. The van der Waals surface area contributed by atoms with Crippen molar-refractivity contribution in [2.75, 3.05) is 13.1 Å². The Labute approximate surface area is 93.9 Å². The van der Waals surface area contributed by atoms with Gasteiger partial charge in [0.25, 0.3) is 0 Å². The van der Waals surface area contributed by atoms with Gasteiger partial charge in [0.15, 0.2) is 0 Å². The average molecular weight is 224 g/mol. The maximum absolute atomic E-state index is 11.9. The van der Waals surface area contributed by atoms with E-state index in [9.17, 15) is 9.90 Å². The number of amides is 1. The minimum absolute atomic E-state index is 0.0421. The molecule has 1 amide bonds. The molecule has 1 aliphatic heterocycles. The van der Waals surface area contributed by atoms with E-state index < -0.39 is 0 Å². The van der Waals surface area contributed by atoms with Gasteiger partial charge in [-0.15, -0.1) is 5.10 Å². The van der Waals surface area contributed by atoms with Crippen LogP contribution in [0.1, 0.15) is 18.5 Å². The summed E-state index contributed by atoms with van der Waals surface area (Å²) in [6, 6.07) is 0. The van der Waals surface area contributed by atoms with Crippen LogP contribution < -0.4 is 0 Å². The third-order valence-electron chi connectivity index (χ3n) is 2.91. The number of hydrogen-bond donors (Lipinski definition) is 1. The van der Waals surface area contributed by atoms with Gasteiger partial charge in [-0.05, 0) is 19.8 Å². The number of carbonyl (C=O) groups excluding carboxylic acids is 1. The van der Waals surface area contributed by atoms with Crippen LogP contribution in [-0.2, 0) is 11.3 Å². The molecule has 0 unspecified atom stereocenters. The average Bonchev–Trinajstić information content (AvgIpc) is 2.65. The van der Waals surface area contributed by atoms with Crippen LogP contribution in [0.4, 0.5) is 0 Å². The molecule has 0 bridgehead atoms. The van der Waals surface area contributed by atoms with Crippen molar-refractivity contribution in [2.24, 2.45) is 0 Å². The number of carbonyl (C=O) groups is 1. The van der Waals surface area contributed by atoms with E-state index in [1.807, 2.05) is 6.92 Å². The maximum Gasteiger partial charge on any atom is 0.244 e. The first-order valence-electron chi connectivity index (χ1n) is 5.48. The van der Waals surface area contributed by atoms with Gasteiger partial charge in [0.05, 0.1) is 18.0 Å². The number of aromatic nitrogens is 3. The molecule has 2 rings (SSSR count). The van der Waals surface area contributed by atoms with Crippen LogP contribution in [0.2, 0.25) is 0 Å². The Balaban J connectivity index is 1.91. The highest BCUT2D eigenvalue weighted by atomic mass is 16.3. The first-order chi connectivity index (χ1) is 7.66. The van der Waals surface area contributed by atoms with Crippen LogP contribution in [-0.4, -0.2) is 50.1 Å². The predicted octanol–water partition coefficient (Wildman–Crippen LogP) is -0.430. The lowest BCUT2D eigenvalue weighted by molar-refractivity contribution is -0.134. The Morgan fingerprint density at radius 2 is 2.25 bits per heavy atom. The van der Waals surface area contributed by atoms with Crippen molar-refractivity contribution in [1.29, 1.82) is 0 Å². The normalized spacial score (nSPS) is 17.8. The molecule has 88 valence electrons. The molecule has 0 aromatic carbocycles. The van der Waals surface area contributed by atoms with Gasteiger partial charge < -0.3 is 10.0 Å². The summed E-state index contributed by atoms with van der Waals surface area (Å²) in [5, 5.41) is 16.9. The third-order valence-corrected chi connectivity index (χ3v) is 2.91. The summed E-state index contributed by atoms with van der Waals surface area (Å²) < 4.78 is 1.59. The van der Waals surface area contributed by atoms with Crippen LogP contribution in [0, 0.1) is 6.92 Å². The number of piperidine rings is 1. The van der Waals surface area contributed by atoms with Crippen molar-refractivity contribution >= 4 is 5.91 Å².